The van der Waals surface area contributed by atoms with E-state index >= 15 is 0 Å². The first-order valence-corrected chi connectivity index (χ1v) is 10.9. The predicted molar refractivity (Wildman–Crippen MR) is 123 cm³/mol. The van der Waals surface area contributed by atoms with Gasteiger partial charge in [-0.1, -0.05) is 30.9 Å². The molecular formula is C26H30N2O2. The summed E-state index contributed by atoms with van der Waals surface area (Å²) < 4.78 is 6.52. The summed E-state index contributed by atoms with van der Waals surface area (Å²) in [6.45, 7) is 11.3. The highest BCUT2D eigenvalue weighted by Crippen LogP contribution is 2.43. The van der Waals surface area contributed by atoms with Gasteiger partial charge in [0.1, 0.15) is 11.4 Å². The van der Waals surface area contributed by atoms with E-state index < -0.39 is 0 Å². The Hall–Kier alpha value is -2.85. The molecule has 0 aliphatic carbocycles. The Labute approximate surface area is 179 Å². The van der Waals surface area contributed by atoms with Crippen LogP contribution in [0.1, 0.15) is 53.7 Å². The molecule has 156 valence electrons. The summed E-state index contributed by atoms with van der Waals surface area (Å²) in [6.07, 6.45) is 6.04. The molecule has 1 amide bonds. The van der Waals surface area contributed by atoms with Crippen LogP contribution in [-0.4, -0.2) is 42.6 Å². The molecule has 2 aliphatic rings. The maximum Gasteiger partial charge on any atom is 0.253 e. The molecule has 2 aromatic rings. The first-order chi connectivity index (χ1) is 14.6. The van der Waals surface area contributed by atoms with Crippen molar-refractivity contribution in [1.29, 1.82) is 0 Å². The summed E-state index contributed by atoms with van der Waals surface area (Å²) in [6, 6.07) is 14.3. The van der Waals surface area contributed by atoms with Crippen molar-refractivity contribution in [2.75, 3.05) is 26.2 Å². The second-order valence-corrected chi connectivity index (χ2v) is 7.99. The van der Waals surface area contributed by atoms with Crippen molar-refractivity contribution in [3.05, 3.63) is 77.4 Å². The number of hydrogen-bond donors (Lipinski definition) is 1. The monoisotopic (exact) mass is 402 g/mol. The molecule has 1 saturated heterocycles. The standard InChI is InChI=1S/C26H30N2O2/c1-4-19-7-12-24-22(17-19)23(18-26(30-24)13-15-27-16-14-26)20-8-10-21(11-9-20)25(29)28(5-2)6-3/h4,7-12,17-18,27H,1,5-6,13-16H2,2-3H3. The zero-order valence-corrected chi connectivity index (χ0v) is 17.9. The lowest BCUT2D eigenvalue weighted by Crippen LogP contribution is -2.46. The van der Waals surface area contributed by atoms with Gasteiger partial charge in [-0.15, -0.1) is 0 Å². The second-order valence-electron chi connectivity index (χ2n) is 7.99. The molecule has 1 N–H and O–H groups in total. The highest BCUT2D eigenvalue weighted by molar-refractivity contribution is 5.95. The van der Waals surface area contributed by atoms with Gasteiger partial charge in [0.2, 0.25) is 0 Å². The van der Waals surface area contributed by atoms with E-state index in [1.807, 2.05) is 37.0 Å². The summed E-state index contributed by atoms with van der Waals surface area (Å²) in [5.74, 6) is 1.000. The van der Waals surface area contributed by atoms with E-state index in [1.165, 1.54) is 5.57 Å². The van der Waals surface area contributed by atoms with Gasteiger partial charge in [0, 0.05) is 37.1 Å². The first-order valence-electron chi connectivity index (χ1n) is 10.9. The number of hydrogen-bond acceptors (Lipinski definition) is 3. The third kappa shape index (κ3) is 3.80. The molecule has 4 nitrogen and oxygen atoms in total. The quantitative estimate of drug-likeness (QED) is 0.784. The molecule has 2 aliphatic heterocycles. The lowest BCUT2D eigenvalue weighted by atomic mass is 9.83. The molecule has 0 radical (unpaired) electrons. The number of amides is 1. The lowest BCUT2D eigenvalue weighted by Gasteiger charge is -2.40. The SMILES string of the molecule is C=Cc1ccc2c(c1)C(c1ccc(C(=O)N(CC)CC)cc1)=CC1(CCNCC1)O2. The van der Waals surface area contributed by atoms with Crippen LogP contribution in [0.15, 0.2) is 55.1 Å². The lowest BCUT2D eigenvalue weighted by molar-refractivity contribution is 0.0772. The Morgan fingerprint density at radius 1 is 1.13 bits per heavy atom. The largest absolute Gasteiger partial charge is 0.482 e. The van der Waals surface area contributed by atoms with E-state index in [4.69, 9.17) is 4.74 Å². The summed E-state index contributed by atoms with van der Waals surface area (Å²) in [5.41, 5.74) is 4.88. The fourth-order valence-corrected chi connectivity index (χ4v) is 4.38. The second kappa shape index (κ2) is 8.49. The number of piperidine rings is 1. The number of carbonyl (C=O) groups is 1. The van der Waals surface area contributed by atoms with E-state index in [9.17, 15) is 4.79 Å². The normalized spacial score (nSPS) is 16.9. The predicted octanol–water partition coefficient (Wildman–Crippen LogP) is 4.76. The Balaban J connectivity index is 1.75. The number of nitrogens with zero attached hydrogens (tertiary/aromatic N) is 1. The number of nitrogens with one attached hydrogen (secondary N) is 1. The van der Waals surface area contributed by atoms with E-state index in [0.717, 1.165) is 53.9 Å². The zero-order valence-electron chi connectivity index (χ0n) is 17.9. The fourth-order valence-electron chi connectivity index (χ4n) is 4.38. The highest BCUT2D eigenvalue weighted by atomic mass is 16.5. The van der Waals surface area contributed by atoms with Gasteiger partial charge in [-0.2, -0.15) is 0 Å². The molecule has 0 saturated carbocycles. The maximum atomic E-state index is 12.7. The van der Waals surface area contributed by atoms with Crippen LogP contribution in [-0.2, 0) is 0 Å². The molecule has 1 fully saturated rings. The topological polar surface area (TPSA) is 41.6 Å². The number of carbonyl (C=O) groups excluding carboxylic acids is 1. The molecule has 1 spiro atoms. The average Bonchev–Trinajstić information content (AvgIpc) is 2.79. The first kappa shape index (κ1) is 20.4. The van der Waals surface area contributed by atoms with Crippen LogP contribution in [0.25, 0.3) is 11.6 Å². The summed E-state index contributed by atoms with van der Waals surface area (Å²) >= 11 is 0. The molecule has 0 atom stereocenters. The van der Waals surface area contributed by atoms with Crippen LogP contribution in [0.2, 0.25) is 0 Å². The molecule has 4 heteroatoms. The van der Waals surface area contributed by atoms with E-state index in [1.54, 1.807) is 0 Å². The van der Waals surface area contributed by atoms with Crippen molar-refractivity contribution in [1.82, 2.24) is 10.2 Å². The van der Waals surface area contributed by atoms with Crippen LogP contribution in [0.5, 0.6) is 5.75 Å². The van der Waals surface area contributed by atoms with Crippen LogP contribution in [0, 0.1) is 0 Å². The summed E-state index contributed by atoms with van der Waals surface area (Å²) in [7, 11) is 0. The Morgan fingerprint density at radius 3 is 2.47 bits per heavy atom. The van der Waals surface area contributed by atoms with Gasteiger partial charge in [-0.3, -0.25) is 4.79 Å². The van der Waals surface area contributed by atoms with Crippen LogP contribution < -0.4 is 10.1 Å². The molecule has 0 aromatic heterocycles. The minimum atomic E-state index is -0.279. The Bertz CT molecular complexity index is 965. The molecular weight excluding hydrogens is 372 g/mol. The number of rotatable bonds is 5. The van der Waals surface area contributed by atoms with Crippen molar-refractivity contribution < 1.29 is 9.53 Å². The van der Waals surface area contributed by atoms with Gasteiger partial charge < -0.3 is 15.0 Å². The van der Waals surface area contributed by atoms with Crippen molar-refractivity contribution >= 4 is 17.6 Å². The third-order valence-electron chi connectivity index (χ3n) is 6.19. The minimum Gasteiger partial charge on any atom is -0.482 e. The number of ether oxygens (including phenoxy) is 1. The molecule has 4 rings (SSSR count). The smallest absolute Gasteiger partial charge is 0.253 e. The van der Waals surface area contributed by atoms with Crippen LogP contribution in [0.3, 0.4) is 0 Å². The minimum absolute atomic E-state index is 0.0803. The number of fused-ring (bicyclic) bond motifs is 1. The molecule has 30 heavy (non-hydrogen) atoms. The molecule has 2 heterocycles. The van der Waals surface area contributed by atoms with Crippen molar-refractivity contribution in [2.24, 2.45) is 0 Å². The molecule has 0 bridgehead atoms. The summed E-state index contributed by atoms with van der Waals surface area (Å²) in [5, 5.41) is 3.43. The third-order valence-corrected chi connectivity index (χ3v) is 6.19. The van der Waals surface area contributed by atoms with Gasteiger partial charge in [0.25, 0.3) is 5.91 Å². The van der Waals surface area contributed by atoms with Gasteiger partial charge >= 0.3 is 0 Å². The van der Waals surface area contributed by atoms with E-state index in [0.29, 0.717) is 13.1 Å². The fraction of sp³-hybridized carbons (Fsp3) is 0.346. The van der Waals surface area contributed by atoms with E-state index in [-0.39, 0.29) is 11.5 Å². The Morgan fingerprint density at radius 2 is 1.83 bits per heavy atom. The van der Waals surface area contributed by atoms with Crippen molar-refractivity contribution in [3.63, 3.8) is 0 Å². The van der Waals surface area contributed by atoms with Crippen molar-refractivity contribution in [2.45, 2.75) is 32.3 Å². The molecule has 0 unspecified atom stereocenters. The number of benzene rings is 2. The van der Waals surface area contributed by atoms with Gasteiger partial charge in [-0.05, 0) is 74.0 Å². The zero-order chi connectivity index (χ0) is 21.1. The highest BCUT2D eigenvalue weighted by Gasteiger charge is 2.37. The Kier molecular flexibility index (Phi) is 5.78. The van der Waals surface area contributed by atoms with Gasteiger partial charge in [0.05, 0.1) is 0 Å². The molecule has 2 aromatic carbocycles. The summed E-state index contributed by atoms with van der Waals surface area (Å²) in [4.78, 5) is 14.5. The van der Waals surface area contributed by atoms with Gasteiger partial charge in [0.15, 0.2) is 0 Å². The van der Waals surface area contributed by atoms with Crippen LogP contribution in [0.4, 0.5) is 0 Å². The maximum absolute atomic E-state index is 12.7. The van der Waals surface area contributed by atoms with Crippen LogP contribution >= 0.6 is 0 Å². The van der Waals surface area contributed by atoms with Crippen molar-refractivity contribution in [3.8, 4) is 5.75 Å². The van der Waals surface area contributed by atoms with E-state index in [2.05, 4.69) is 48.3 Å². The van der Waals surface area contributed by atoms with Gasteiger partial charge in [-0.25, -0.2) is 0 Å². The average molecular weight is 403 g/mol.